The maximum Gasteiger partial charge on any atom is 0.00721 e. The van der Waals surface area contributed by atoms with Gasteiger partial charge < -0.3 is 5.32 Å². The fourth-order valence-electron chi connectivity index (χ4n) is 1.13. The highest BCUT2D eigenvalue weighted by Gasteiger charge is 1.98. The fourth-order valence-corrected chi connectivity index (χ4v) is 2.17. The summed E-state index contributed by atoms with van der Waals surface area (Å²) in [5.74, 6) is 1.19. The second-order valence-corrected chi connectivity index (χ2v) is 4.81. The summed E-state index contributed by atoms with van der Waals surface area (Å²) in [6.07, 6.45) is 1.22. The van der Waals surface area contributed by atoms with E-state index in [0.717, 1.165) is 0 Å². The number of hydrogen-bond acceptors (Lipinski definition) is 2. The average molecular weight is 209 g/mol. The first kappa shape index (κ1) is 11.6. The van der Waals surface area contributed by atoms with Gasteiger partial charge in [0.2, 0.25) is 0 Å². The third kappa shape index (κ3) is 4.16. The van der Waals surface area contributed by atoms with Crippen LogP contribution in [-0.4, -0.2) is 18.8 Å². The molecule has 1 atom stereocenters. The van der Waals surface area contributed by atoms with Crippen LogP contribution < -0.4 is 5.32 Å². The largest absolute Gasteiger partial charge is 0.317 e. The van der Waals surface area contributed by atoms with E-state index in [-0.39, 0.29) is 0 Å². The number of thioether (sulfide) groups is 1. The van der Waals surface area contributed by atoms with Crippen molar-refractivity contribution in [3.05, 3.63) is 29.8 Å². The van der Waals surface area contributed by atoms with Gasteiger partial charge in [-0.3, -0.25) is 0 Å². The monoisotopic (exact) mass is 209 g/mol. The van der Waals surface area contributed by atoms with E-state index in [4.69, 9.17) is 0 Å². The van der Waals surface area contributed by atoms with Crippen molar-refractivity contribution in [2.45, 2.75) is 31.2 Å². The van der Waals surface area contributed by atoms with Gasteiger partial charge in [0.25, 0.3) is 0 Å². The normalized spacial score (nSPS) is 12.8. The van der Waals surface area contributed by atoms with E-state index in [0.29, 0.717) is 6.04 Å². The lowest BCUT2D eigenvalue weighted by atomic mass is 10.2. The molecule has 0 aromatic heterocycles. The fraction of sp³-hybridized carbons (Fsp3) is 0.500. The van der Waals surface area contributed by atoms with Gasteiger partial charge in [0, 0.05) is 10.9 Å². The highest BCUT2D eigenvalue weighted by Crippen LogP contribution is 2.19. The van der Waals surface area contributed by atoms with Crippen LogP contribution >= 0.6 is 11.8 Å². The maximum absolute atomic E-state index is 3.25. The molecule has 0 amide bonds. The summed E-state index contributed by atoms with van der Waals surface area (Å²) in [4.78, 5) is 1.37. The minimum absolute atomic E-state index is 0.618. The third-order valence-corrected chi connectivity index (χ3v) is 3.38. The van der Waals surface area contributed by atoms with E-state index in [1.807, 2.05) is 18.8 Å². The first-order chi connectivity index (χ1) is 6.72. The summed E-state index contributed by atoms with van der Waals surface area (Å²) in [5.41, 5.74) is 1.33. The zero-order valence-electron chi connectivity index (χ0n) is 9.21. The Morgan fingerprint density at radius 3 is 2.50 bits per heavy atom. The van der Waals surface area contributed by atoms with E-state index in [2.05, 4.69) is 43.4 Å². The molecule has 0 aliphatic carbocycles. The van der Waals surface area contributed by atoms with Gasteiger partial charge in [0.15, 0.2) is 0 Å². The molecular formula is C12H19NS. The zero-order valence-corrected chi connectivity index (χ0v) is 10.0. The Labute approximate surface area is 91.3 Å². The van der Waals surface area contributed by atoms with Crippen molar-refractivity contribution in [2.75, 3.05) is 12.8 Å². The van der Waals surface area contributed by atoms with E-state index in [9.17, 15) is 0 Å². The summed E-state index contributed by atoms with van der Waals surface area (Å²) >= 11 is 1.93. The molecule has 14 heavy (non-hydrogen) atoms. The summed E-state index contributed by atoms with van der Waals surface area (Å²) in [6, 6.07) is 9.36. The molecule has 0 aliphatic rings. The SMILES string of the molecule is CNC(C)CCSc1ccc(C)cc1. The smallest absolute Gasteiger partial charge is 0.00721 e. The van der Waals surface area contributed by atoms with Crippen LogP contribution in [0, 0.1) is 6.92 Å². The van der Waals surface area contributed by atoms with Crippen LogP contribution in [0.2, 0.25) is 0 Å². The molecule has 2 heteroatoms. The summed E-state index contributed by atoms with van der Waals surface area (Å²) < 4.78 is 0. The van der Waals surface area contributed by atoms with Crippen molar-refractivity contribution in [1.29, 1.82) is 0 Å². The Morgan fingerprint density at radius 1 is 1.29 bits per heavy atom. The minimum Gasteiger partial charge on any atom is -0.317 e. The van der Waals surface area contributed by atoms with Gasteiger partial charge in [-0.05, 0) is 45.2 Å². The van der Waals surface area contributed by atoms with Gasteiger partial charge in [-0.2, -0.15) is 0 Å². The number of hydrogen-bond donors (Lipinski definition) is 1. The molecule has 0 aliphatic heterocycles. The van der Waals surface area contributed by atoms with Crippen molar-refractivity contribution >= 4 is 11.8 Å². The van der Waals surface area contributed by atoms with Crippen LogP contribution in [0.3, 0.4) is 0 Å². The van der Waals surface area contributed by atoms with Gasteiger partial charge in [0.1, 0.15) is 0 Å². The van der Waals surface area contributed by atoms with Crippen molar-refractivity contribution < 1.29 is 0 Å². The summed E-state index contributed by atoms with van der Waals surface area (Å²) in [6.45, 7) is 4.34. The molecule has 1 aromatic rings. The van der Waals surface area contributed by atoms with Crippen LogP contribution in [0.25, 0.3) is 0 Å². The van der Waals surface area contributed by atoms with Gasteiger partial charge in [0.05, 0.1) is 0 Å². The van der Waals surface area contributed by atoms with Gasteiger partial charge in [-0.15, -0.1) is 11.8 Å². The summed E-state index contributed by atoms with van der Waals surface area (Å²) in [5, 5.41) is 3.25. The van der Waals surface area contributed by atoms with Gasteiger partial charge in [-0.25, -0.2) is 0 Å². The first-order valence-electron chi connectivity index (χ1n) is 5.09. The molecule has 0 radical (unpaired) electrons. The van der Waals surface area contributed by atoms with Crippen molar-refractivity contribution in [1.82, 2.24) is 5.32 Å². The zero-order chi connectivity index (χ0) is 10.4. The van der Waals surface area contributed by atoms with Crippen LogP contribution in [0.1, 0.15) is 18.9 Å². The quantitative estimate of drug-likeness (QED) is 0.748. The van der Waals surface area contributed by atoms with Gasteiger partial charge >= 0.3 is 0 Å². The molecule has 1 unspecified atom stereocenters. The summed E-state index contributed by atoms with van der Waals surface area (Å²) in [7, 11) is 2.02. The Kier molecular flexibility index (Phi) is 5.05. The molecule has 0 spiro atoms. The molecule has 1 aromatic carbocycles. The average Bonchev–Trinajstić information content (AvgIpc) is 2.21. The van der Waals surface area contributed by atoms with E-state index >= 15 is 0 Å². The van der Waals surface area contributed by atoms with Gasteiger partial charge in [-0.1, -0.05) is 17.7 Å². The molecule has 0 bridgehead atoms. The first-order valence-corrected chi connectivity index (χ1v) is 6.07. The van der Waals surface area contributed by atoms with Crippen molar-refractivity contribution in [3.63, 3.8) is 0 Å². The standard InChI is InChI=1S/C12H19NS/c1-10-4-6-12(7-5-10)14-9-8-11(2)13-3/h4-7,11,13H,8-9H2,1-3H3. The molecule has 0 fully saturated rings. The van der Waals surface area contributed by atoms with Crippen LogP contribution in [0.15, 0.2) is 29.2 Å². The van der Waals surface area contributed by atoms with E-state index < -0.39 is 0 Å². The molecule has 0 heterocycles. The highest BCUT2D eigenvalue weighted by atomic mass is 32.2. The Bertz CT molecular complexity index is 256. The molecule has 0 saturated heterocycles. The lowest BCUT2D eigenvalue weighted by Gasteiger charge is -2.09. The maximum atomic E-state index is 3.25. The topological polar surface area (TPSA) is 12.0 Å². The van der Waals surface area contributed by atoms with Crippen molar-refractivity contribution in [2.24, 2.45) is 0 Å². The molecule has 1 N–H and O–H groups in total. The number of benzene rings is 1. The predicted molar refractivity (Wildman–Crippen MR) is 65.0 cm³/mol. The van der Waals surface area contributed by atoms with E-state index in [1.54, 1.807) is 0 Å². The molecular weight excluding hydrogens is 190 g/mol. The van der Waals surface area contributed by atoms with Crippen LogP contribution in [-0.2, 0) is 0 Å². The Morgan fingerprint density at radius 2 is 1.93 bits per heavy atom. The third-order valence-electron chi connectivity index (χ3n) is 2.33. The molecule has 1 rings (SSSR count). The Hall–Kier alpha value is -0.470. The lowest BCUT2D eigenvalue weighted by Crippen LogP contribution is -2.21. The van der Waals surface area contributed by atoms with E-state index in [1.165, 1.54) is 22.6 Å². The Balaban J connectivity index is 2.28. The van der Waals surface area contributed by atoms with Crippen LogP contribution in [0.4, 0.5) is 0 Å². The molecule has 0 saturated carbocycles. The number of nitrogens with one attached hydrogen (secondary N) is 1. The second-order valence-electron chi connectivity index (χ2n) is 3.64. The minimum atomic E-state index is 0.618. The van der Waals surface area contributed by atoms with Crippen LogP contribution in [0.5, 0.6) is 0 Å². The molecule has 1 nitrogen and oxygen atoms in total. The highest BCUT2D eigenvalue weighted by molar-refractivity contribution is 7.99. The molecule has 78 valence electrons. The number of aryl methyl sites for hydroxylation is 1. The van der Waals surface area contributed by atoms with Crippen molar-refractivity contribution in [3.8, 4) is 0 Å². The lowest BCUT2D eigenvalue weighted by molar-refractivity contribution is 0.598. The predicted octanol–water partition coefficient (Wildman–Crippen LogP) is 3.09. The second kappa shape index (κ2) is 6.10. The number of rotatable bonds is 5.